The first kappa shape index (κ1) is 26.9. The van der Waals surface area contributed by atoms with Crippen molar-refractivity contribution in [3.05, 3.63) is 42.2 Å². The third-order valence-electron chi connectivity index (χ3n) is 6.36. The number of hydrogen-bond donors (Lipinski definition) is 4. The number of aromatic nitrogens is 2. The summed E-state index contributed by atoms with van der Waals surface area (Å²) in [6.45, 7) is 8.98. The van der Waals surface area contributed by atoms with Gasteiger partial charge >= 0.3 is 0 Å². The van der Waals surface area contributed by atoms with E-state index in [-0.39, 0.29) is 5.91 Å². The number of hydrogen-bond acceptors (Lipinski definition) is 10. The van der Waals surface area contributed by atoms with Crippen LogP contribution in [0.1, 0.15) is 33.1 Å². The number of amides is 1. The lowest BCUT2D eigenvalue weighted by atomic mass is 10.0. The molecule has 2 saturated heterocycles. The van der Waals surface area contributed by atoms with Gasteiger partial charge in [-0.15, -0.1) is 0 Å². The molecule has 198 valence electrons. The number of allylic oxidation sites excluding steroid dienone is 1. The highest BCUT2D eigenvalue weighted by Crippen LogP contribution is 2.30. The predicted molar refractivity (Wildman–Crippen MR) is 148 cm³/mol. The van der Waals surface area contributed by atoms with Crippen molar-refractivity contribution in [2.75, 3.05) is 54.9 Å². The van der Waals surface area contributed by atoms with Gasteiger partial charge in [0.05, 0.1) is 13.2 Å². The van der Waals surface area contributed by atoms with E-state index in [2.05, 4.69) is 25.4 Å². The van der Waals surface area contributed by atoms with Crippen LogP contribution in [0.4, 0.5) is 17.3 Å². The molecule has 0 atom stereocenters. The van der Waals surface area contributed by atoms with E-state index in [0.29, 0.717) is 35.0 Å². The van der Waals surface area contributed by atoms with Crippen molar-refractivity contribution >= 4 is 40.7 Å². The van der Waals surface area contributed by atoms with Crippen LogP contribution in [0.5, 0.6) is 0 Å². The monoisotopic (exact) mass is 524 g/mol. The number of piperidine rings is 1. The number of nitrogens with two attached hydrogens (primary N) is 1. The van der Waals surface area contributed by atoms with Gasteiger partial charge in [0.25, 0.3) is 0 Å². The second kappa shape index (κ2) is 12.9. The lowest BCUT2D eigenvalue weighted by molar-refractivity contribution is -0.115. The average Bonchev–Trinajstić information content (AvgIpc) is 2.89. The van der Waals surface area contributed by atoms with Gasteiger partial charge in [-0.05, 0) is 61.9 Å². The molecule has 0 radical (unpaired) electrons. The Balaban J connectivity index is 1.50. The van der Waals surface area contributed by atoms with Gasteiger partial charge in [-0.2, -0.15) is 0 Å². The van der Waals surface area contributed by atoms with Crippen LogP contribution in [-0.4, -0.2) is 71.9 Å². The lowest BCUT2D eigenvalue weighted by Gasteiger charge is -2.40. The van der Waals surface area contributed by atoms with Crippen LogP contribution in [0.15, 0.2) is 52.3 Å². The molecule has 11 heteroatoms. The van der Waals surface area contributed by atoms with Crippen LogP contribution >= 0.6 is 11.8 Å². The van der Waals surface area contributed by atoms with Crippen LogP contribution in [0.2, 0.25) is 0 Å². The molecule has 3 heterocycles. The van der Waals surface area contributed by atoms with Crippen molar-refractivity contribution in [1.82, 2.24) is 14.9 Å². The number of carbonyl (C=O) groups is 1. The van der Waals surface area contributed by atoms with Gasteiger partial charge in [0.2, 0.25) is 5.91 Å². The van der Waals surface area contributed by atoms with Crippen LogP contribution < -0.4 is 21.3 Å². The summed E-state index contributed by atoms with van der Waals surface area (Å²) in [5.41, 5.74) is 7.20. The molecule has 4 rings (SSSR count). The molecule has 10 nitrogen and oxygen atoms in total. The average molecular weight is 525 g/mol. The summed E-state index contributed by atoms with van der Waals surface area (Å²) in [7, 11) is 0. The number of nitrogens with one attached hydrogen (secondary N) is 3. The van der Waals surface area contributed by atoms with E-state index in [1.54, 1.807) is 13.0 Å². The summed E-state index contributed by atoms with van der Waals surface area (Å²) >= 11 is 1.45. The first-order chi connectivity index (χ1) is 17.9. The molecule has 2 aliphatic rings. The molecule has 2 aromatic rings. The molecule has 37 heavy (non-hydrogen) atoms. The van der Waals surface area contributed by atoms with Gasteiger partial charge in [-0.1, -0.05) is 6.92 Å². The van der Waals surface area contributed by atoms with Crippen molar-refractivity contribution in [3.63, 3.8) is 0 Å². The second-order valence-electron chi connectivity index (χ2n) is 9.20. The highest BCUT2D eigenvalue weighted by molar-refractivity contribution is 7.99. The number of anilines is 3. The number of nitrogens with zero attached hydrogens (tertiary/aromatic N) is 4. The minimum absolute atomic E-state index is 0.0182. The van der Waals surface area contributed by atoms with Gasteiger partial charge in [-0.25, -0.2) is 9.97 Å². The third-order valence-corrected chi connectivity index (χ3v) is 7.23. The van der Waals surface area contributed by atoms with Gasteiger partial charge < -0.3 is 31.4 Å². The highest BCUT2D eigenvalue weighted by Gasteiger charge is 2.27. The summed E-state index contributed by atoms with van der Waals surface area (Å²) in [5.74, 6) is 1.78. The van der Waals surface area contributed by atoms with E-state index in [1.807, 2.05) is 37.3 Å². The molecular formula is C26H36N8O2S. The van der Waals surface area contributed by atoms with Crippen LogP contribution in [0.25, 0.3) is 0 Å². The van der Waals surface area contributed by atoms with E-state index in [1.165, 1.54) is 11.8 Å². The van der Waals surface area contributed by atoms with E-state index in [9.17, 15) is 4.79 Å². The van der Waals surface area contributed by atoms with E-state index < -0.39 is 0 Å². The Kier molecular flexibility index (Phi) is 9.37. The molecule has 1 amide bonds. The maximum atomic E-state index is 11.7. The summed E-state index contributed by atoms with van der Waals surface area (Å²) in [4.78, 5) is 27.0. The maximum Gasteiger partial charge on any atom is 0.224 e. The lowest BCUT2D eigenvalue weighted by Crippen LogP contribution is -2.49. The Morgan fingerprint density at radius 1 is 1.16 bits per heavy atom. The summed E-state index contributed by atoms with van der Waals surface area (Å²) in [5, 5.41) is 14.3. The summed E-state index contributed by atoms with van der Waals surface area (Å²) < 4.78 is 5.52. The molecule has 1 aromatic heterocycles. The largest absolute Gasteiger partial charge is 0.385 e. The fourth-order valence-electron chi connectivity index (χ4n) is 4.47. The molecule has 5 N–H and O–H groups in total. The minimum Gasteiger partial charge on any atom is -0.385 e. The molecule has 1 aromatic carbocycles. The van der Waals surface area contributed by atoms with Crippen molar-refractivity contribution in [1.29, 1.82) is 5.41 Å². The number of carbonyl (C=O) groups excluding carboxylic acids is 1. The molecule has 2 fully saturated rings. The molecule has 0 spiro atoms. The normalized spacial score (nSPS) is 17.5. The molecule has 0 unspecified atom stereocenters. The van der Waals surface area contributed by atoms with Crippen LogP contribution in [-0.2, 0) is 9.53 Å². The smallest absolute Gasteiger partial charge is 0.224 e. The van der Waals surface area contributed by atoms with Crippen LogP contribution in [0, 0.1) is 5.41 Å². The fraction of sp³-hybridized carbons (Fsp3) is 0.462. The Hall–Kier alpha value is -3.15. The molecule has 0 aliphatic carbocycles. The zero-order valence-electron chi connectivity index (χ0n) is 21.5. The topological polar surface area (TPSA) is 132 Å². The van der Waals surface area contributed by atoms with Crippen molar-refractivity contribution in [3.8, 4) is 0 Å². The number of ether oxygens (including phenoxy) is 1. The maximum absolute atomic E-state index is 11.7. The van der Waals surface area contributed by atoms with E-state index in [4.69, 9.17) is 20.9 Å². The third kappa shape index (κ3) is 7.91. The van der Waals surface area contributed by atoms with Gasteiger partial charge in [-0.3, -0.25) is 9.69 Å². The summed E-state index contributed by atoms with van der Waals surface area (Å²) in [6.07, 6.45) is 4.15. The standard InChI is InChI=1S/C26H36N8O2S/c1-3-25(35)29-19-4-6-21(7-5-19)37-26-31-23(30-22(28)16-18(2)27)17-24(32-26)34-10-8-20(9-11-34)33-12-14-36-15-13-33/h4-7,16-17,20,27H,3,8-15,28H2,1-2H3,(H,29,35)(H,30,31,32)/b22-16+,27-18?. The number of benzene rings is 1. The molecular weight excluding hydrogens is 488 g/mol. The van der Waals surface area contributed by atoms with Gasteiger partial charge in [0.1, 0.15) is 17.5 Å². The number of rotatable bonds is 9. The van der Waals surface area contributed by atoms with E-state index in [0.717, 1.165) is 68.6 Å². The SMILES string of the molecule is CCC(=O)Nc1ccc(Sc2nc(N/C(N)=C/C(C)=N)cc(N3CCC(N4CCOCC4)CC3)n2)cc1. The number of morpholine rings is 1. The van der Waals surface area contributed by atoms with Crippen LogP contribution in [0.3, 0.4) is 0 Å². The Morgan fingerprint density at radius 2 is 1.86 bits per heavy atom. The summed E-state index contributed by atoms with van der Waals surface area (Å²) in [6, 6.07) is 10.1. The fourth-order valence-corrected chi connectivity index (χ4v) is 5.23. The highest BCUT2D eigenvalue weighted by atomic mass is 32.2. The first-order valence-electron chi connectivity index (χ1n) is 12.7. The quantitative estimate of drug-likeness (QED) is 0.287. The minimum atomic E-state index is -0.0182. The predicted octanol–water partition coefficient (Wildman–Crippen LogP) is 3.53. The Bertz CT molecular complexity index is 1110. The first-order valence-corrected chi connectivity index (χ1v) is 13.5. The van der Waals surface area contributed by atoms with E-state index >= 15 is 0 Å². The molecule has 0 bridgehead atoms. The van der Waals surface area contributed by atoms with Gasteiger partial charge in [0.15, 0.2) is 5.16 Å². The zero-order valence-corrected chi connectivity index (χ0v) is 22.3. The van der Waals surface area contributed by atoms with Crippen molar-refractivity contribution < 1.29 is 9.53 Å². The molecule has 2 aliphatic heterocycles. The molecule has 0 saturated carbocycles. The van der Waals surface area contributed by atoms with Gasteiger partial charge in [0, 0.05) is 61.0 Å². The second-order valence-corrected chi connectivity index (χ2v) is 10.2. The van der Waals surface area contributed by atoms with Crippen molar-refractivity contribution in [2.45, 2.75) is 49.2 Å². The van der Waals surface area contributed by atoms with Crippen molar-refractivity contribution in [2.24, 2.45) is 5.73 Å². The zero-order chi connectivity index (χ0) is 26.2. The Morgan fingerprint density at radius 3 is 2.51 bits per heavy atom. The Labute approximate surface area is 222 Å².